The van der Waals surface area contributed by atoms with Gasteiger partial charge in [-0.05, 0) is 54.8 Å². The topological polar surface area (TPSA) is 101 Å². The summed E-state index contributed by atoms with van der Waals surface area (Å²) in [7, 11) is 0. The van der Waals surface area contributed by atoms with Gasteiger partial charge in [0.2, 0.25) is 0 Å². The van der Waals surface area contributed by atoms with E-state index in [0.717, 1.165) is 51.8 Å². The molecule has 0 unspecified atom stereocenters. The Hall–Kier alpha value is -4.57. The molecule has 0 atom stereocenters. The van der Waals surface area contributed by atoms with Crippen LogP contribution in [0, 0.1) is 11.3 Å². The van der Waals surface area contributed by atoms with Crippen LogP contribution in [0.15, 0.2) is 73.1 Å². The van der Waals surface area contributed by atoms with E-state index in [4.69, 9.17) is 15.2 Å². The lowest BCUT2D eigenvalue weighted by Gasteiger charge is -2.08. The molecule has 3 aromatic heterocycles. The Bertz CT molecular complexity index is 1530. The highest BCUT2D eigenvalue weighted by molar-refractivity contribution is 5.84. The molecule has 0 saturated carbocycles. The Morgan fingerprint density at radius 3 is 2.51 bits per heavy atom. The number of nitriles is 1. The number of aromatic nitrogens is 5. The van der Waals surface area contributed by atoms with E-state index in [9.17, 15) is 5.21 Å². The maximum absolute atomic E-state index is 11.3. The van der Waals surface area contributed by atoms with E-state index in [1.54, 1.807) is 24.5 Å². The summed E-state index contributed by atoms with van der Waals surface area (Å²) in [6.45, 7) is 2.16. The monoisotopic (exact) mass is 460 g/mol. The highest BCUT2D eigenvalue weighted by Crippen LogP contribution is 2.33. The number of unbranched alkanes of at least 4 members (excludes halogenated alkanes) is 1. The Kier molecular flexibility index (Phi) is 6.18. The summed E-state index contributed by atoms with van der Waals surface area (Å²) in [6.07, 6.45) is 6.74. The third-order valence-electron chi connectivity index (χ3n) is 5.95. The van der Waals surface area contributed by atoms with Crippen molar-refractivity contribution in [2.24, 2.45) is 0 Å². The second-order valence-corrected chi connectivity index (χ2v) is 8.40. The Labute approximate surface area is 203 Å². The van der Waals surface area contributed by atoms with E-state index in [-0.39, 0.29) is 0 Å². The molecular formula is C28H24N6O. The molecule has 5 aromatic rings. The van der Waals surface area contributed by atoms with E-state index in [0.29, 0.717) is 34.9 Å². The van der Waals surface area contributed by atoms with Crippen LogP contribution in [-0.2, 0) is 12.8 Å². The van der Waals surface area contributed by atoms with Gasteiger partial charge in [-0.2, -0.15) is 9.99 Å². The molecular weight excluding hydrogens is 436 g/mol. The predicted octanol–water partition coefficient (Wildman–Crippen LogP) is 5.60. The molecule has 0 amide bonds. The zero-order valence-corrected chi connectivity index (χ0v) is 19.4. The summed E-state index contributed by atoms with van der Waals surface area (Å²) in [5.41, 5.74) is 6.70. The van der Waals surface area contributed by atoms with Gasteiger partial charge in [-0.1, -0.05) is 37.6 Å². The first-order valence-electron chi connectivity index (χ1n) is 11.6. The number of imidazole rings is 1. The summed E-state index contributed by atoms with van der Waals surface area (Å²) in [4.78, 5) is 18.5. The number of benzene rings is 2. The summed E-state index contributed by atoms with van der Waals surface area (Å²) in [5, 5.41) is 20.4. The predicted molar refractivity (Wildman–Crippen MR) is 134 cm³/mol. The molecule has 5 rings (SSSR count). The molecule has 2 aromatic carbocycles. The van der Waals surface area contributed by atoms with Gasteiger partial charge >= 0.3 is 0 Å². The van der Waals surface area contributed by atoms with Crippen molar-refractivity contribution in [3.63, 3.8) is 0 Å². The standard InChI is InChI=1S/C28H24N6O/c1-2-3-5-22-6-4-7-24(32-22)28-27(21-12-13-23-25(17-21)31-15-14-30-23)33-26(34(28)35)16-19-8-10-20(18-29)11-9-19/h4,6-15,17,35H,2-3,5,16H2,1H3. The molecule has 7 nitrogen and oxygen atoms in total. The second kappa shape index (κ2) is 9.74. The minimum absolute atomic E-state index is 0.401. The molecule has 0 aliphatic rings. The van der Waals surface area contributed by atoms with E-state index in [1.165, 1.54) is 0 Å². The van der Waals surface area contributed by atoms with Gasteiger partial charge in [0.1, 0.15) is 17.2 Å². The van der Waals surface area contributed by atoms with E-state index < -0.39 is 0 Å². The maximum Gasteiger partial charge on any atom is 0.150 e. The molecule has 0 bridgehead atoms. The largest absolute Gasteiger partial charge is 0.427 e. The SMILES string of the molecule is CCCCc1cccc(-c2c(-c3ccc4nccnc4c3)nc(Cc3ccc(C#N)cc3)n2O)n1. The van der Waals surface area contributed by atoms with E-state index in [1.807, 2.05) is 48.5 Å². The fraction of sp³-hybridized carbons (Fsp3) is 0.179. The first-order chi connectivity index (χ1) is 17.2. The number of hydrogen-bond acceptors (Lipinski definition) is 6. The molecule has 35 heavy (non-hydrogen) atoms. The molecule has 0 aliphatic heterocycles. The van der Waals surface area contributed by atoms with Crippen LogP contribution < -0.4 is 0 Å². The fourth-order valence-electron chi connectivity index (χ4n) is 4.10. The average Bonchev–Trinajstić information content (AvgIpc) is 3.23. The first-order valence-corrected chi connectivity index (χ1v) is 11.6. The van der Waals surface area contributed by atoms with Crippen molar-refractivity contribution in [3.05, 3.63) is 95.7 Å². The molecule has 7 heteroatoms. The molecule has 172 valence electrons. The zero-order chi connectivity index (χ0) is 24.2. The maximum atomic E-state index is 11.3. The lowest BCUT2D eigenvalue weighted by atomic mass is 10.1. The smallest absolute Gasteiger partial charge is 0.150 e. The lowest BCUT2D eigenvalue weighted by Crippen LogP contribution is -2.03. The second-order valence-electron chi connectivity index (χ2n) is 8.40. The third kappa shape index (κ3) is 4.59. The molecule has 3 heterocycles. The van der Waals surface area contributed by atoms with Gasteiger partial charge < -0.3 is 5.21 Å². The third-order valence-corrected chi connectivity index (χ3v) is 5.95. The van der Waals surface area contributed by atoms with Gasteiger partial charge in [-0.15, -0.1) is 0 Å². The molecule has 0 fully saturated rings. The van der Waals surface area contributed by atoms with Crippen molar-refractivity contribution in [2.45, 2.75) is 32.6 Å². The summed E-state index contributed by atoms with van der Waals surface area (Å²) >= 11 is 0. The number of rotatable bonds is 7. The minimum Gasteiger partial charge on any atom is -0.427 e. The van der Waals surface area contributed by atoms with Crippen molar-refractivity contribution in [1.29, 1.82) is 5.26 Å². The van der Waals surface area contributed by atoms with Crippen LogP contribution in [0.2, 0.25) is 0 Å². The van der Waals surface area contributed by atoms with Crippen molar-refractivity contribution < 1.29 is 5.21 Å². The number of nitrogens with zero attached hydrogens (tertiary/aromatic N) is 6. The molecule has 0 spiro atoms. The highest BCUT2D eigenvalue weighted by atomic mass is 16.5. The van der Waals surface area contributed by atoms with Crippen molar-refractivity contribution >= 4 is 11.0 Å². The quantitative estimate of drug-likeness (QED) is 0.317. The van der Waals surface area contributed by atoms with Crippen molar-refractivity contribution in [2.75, 3.05) is 0 Å². The van der Waals surface area contributed by atoms with Crippen LogP contribution in [0.25, 0.3) is 33.7 Å². The average molecular weight is 461 g/mol. The lowest BCUT2D eigenvalue weighted by molar-refractivity contribution is 0.181. The Balaban J connectivity index is 1.63. The number of fused-ring (bicyclic) bond motifs is 1. The zero-order valence-electron chi connectivity index (χ0n) is 19.4. The van der Waals surface area contributed by atoms with Crippen molar-refractivity contribution in [1.82, 2.24) is 24.7 Å². The molecule has 0 radical (unpaired) electrons. The van der Waals surface area contributed by atoms with E-state index >= 15 is 0 Å². The van der Waals surface area contributed by atoms with Gasteiger partial charge in [-0.25, -0.2) is 4.98 Å². The minimum atomic E-state index is 0.401. The van der Waals surface area contributed by atoms with E-state index in [2.05, 4.69) is 23.0 Å². The summed E-state index contributed by atoms with van der Waals surface area (Å²) in [5.74, 6) is 0.486. The highest BCUT2D eigenvalue weighted by Gasteiger charge is 2.22. The van der Waals surface area contributed by atoms with Crippen LogP contribution in [0.4, 0.5) is 0 Å². The number of pyridine rings is 1. The van der Waals surface area contributed by atoms with Gasteiger partial charge in [0.05, 0.1) is 28.4 Å². The number of aryl methyl sites for hydroxylation is 1. The van der Waals surface area contributed by atoms with Gasteiger partial charge in [0.25, 0.3) is 0 Å². The Morgan fingerprint density at radius 2 is 1.74 bits per heavy atom. The van der Waals surface area contributed by atoms with Gasteiger partial charge in [0.15, 0.2) is 0 Å². The number of hydrogen-bond donors (Lipinski definition) is 1. The first kappa shape index (κ1) is 22.2. The summed E-state index contributed by atoms with van der Waals surface area (Å²) < 4.78 is 1.14. The van der Waals surface area contributed by atoms with Crippen LogP contribution in [0.3, 0.4) is 0 Å². The fourth-order valence-corrected chi connectivity index (χ4v) is 4.10. The van der Waals surface area contributed by atoms with Gasteiger partial charge in [0, 0.05) is 30.1 Å². The molecule has 0 aliphatic carbocycles. The van der Waals surface area contributed by atoms with Crippen LogP contribution >= 0.6 is 0 Å². The van der Waals surface area contributed by atoms with Gasteiger partial charge in [-0.3, -0.25) is 15.0 Å². The van der Waals surface area contributed by atoms with Crippen LogP contribution in [-0.4, -0.2) is 29.9 Å². The summed E-state index contributed by atoms with van der Waals surface area (Å²) in [6, 6.07) is 21.1. The van der Waals surface area contributed by atoms with Crippen molar-refractivity contribution in [3.8, 4) is 28.7 Å². The van der Waals surface area contributed by atoms with Crippen LogP contribution in [0.1, 0.15) is 42.4 Å². The molecule has 1 N–H and O–H groups in total. The Morgan fingerprint density at radius 1 is 0.943 bits per heavy atom. The normalized spacial score (nSPS) is 11.0. The van der Waals surface area contributed by atoms with Crippen LogP contribution in [0.5, 0.6) is 0 Å². The molecule has 0 saturated heterocycles.